The van der Waals surface area contributed by atoms with Gasteiger partial charge in [0.1, 0.15) is 17.3 Å². The number of hydrogen-bond acceptors (Lipinski definition) is 5. The molecule has 0 aliphatic rings. The van der Waals surface area contributed by atoms with E-state index in [2.05, 4.69) is 79.0 Å². The predicted octanol–water partition coefficient (Wildman–Crippen LogP) is 12.0. The van der Waals surface area contributed by atoms with Gasteiger partial charge in [0.2, 0.25) is 0 Å². The van der Waals surface area contributed by atoms with Gasteiger partial charge < -0.3 is 14.2 Å². The van der Waals surface area contributed by atoms with E-state index >= 15 is 0 Å². The lowest BCUT2D eigenvalue weighted by Crippen LogP contribution is -1.99. The van der Waals surface area contributed by atoms with Gasteiger partial charge in [0.05, 0.1) is 9.75 Å². The van der Waals surface area contributed by atoms with E-state index in [-0.39, 0.29) is 0 Å². The molecule has 7 rings (SSSR count). The Morgan fingerprint density at radius 1 is 0.600 bits per heavy atom. The van der Waals surface area contributed by atoms with Gasteiger partial charge in [-0.05, 0) is 100 Å². The number of unbranched alkanes of at least 4 members (excludes halogenated alkanes) is 5. The molecule has 0 aliphatic heterocycles. The lowest BCUT2D eigenvalue weighted by molar-refractivity contribution is 0.549. The van der Waals surface area contributed by atoms with Crippen LogP contribution in [0.2, 0.25) is 0 Å². The second-order valence-corrected chi connectivity index (χ2v) is 12.9. The third-order valence-corrected chi connectivity index (χ3v) is 10.00. The zero-order valence-electron chi connectivity index (χ0n) is 23.0. The maximum atomic E-state index is 6.19. The molecule has 0 saturated carbocycles. The highest BCUT2D eigenvalue weighted by Crippen LogP contribution is 2.41. The minimum Gasteiger partial charge on any atom is -0.461 e. The molecule has 7 aromatic rings. The van der Waals surface area contributed by atoms with Crippen molar-refractivity contribution in [3.8, 4) is 21.3 Å². The first kappa shape index (κ1) is 25.4. The molecule has 3 aromatic carbocycles. The Morgan fingerprint density at radius 2 is 1.20 bits per heavy atom. The molecule has 0 saturated heterocycles. The molecule has 5 heteroatoms. The second-order valence-electron chi connectivity index (χ2n) is 10.8. The van der Waals surface area contributed by atoms with Crippen molar-refractivity contribution in [3.63, 3.8) is 0 Å². The van der Waals surface area contributed by atoms with Gasteiger partial charge in [-0.25, -0.2) is 0 Å². The number of rotatable bonds is 10. The molecule has 4 aromatic heterocycles. The number of fused-ring (bicyclic) bond motifs is 5. The fraction of sp³-hybridized carbons (Fsp3) is 0.257. The van der Waals surface area contributed by atoms with Crippen molar-refractivity contribution in [1.82, 2.24) is 0 Å². The Morgan fingerprint density at radius 3 is 1.82 bits per heavy atom. The van der Waals surface area contributed by atoms with Gasteiger partial charge >= 0.3 is 0 Å². The van der Waals surface area contributed by atoms with E-state index in [1.165, 1.54) is 90.0 Å². The minimum absolute atomic E-state index is 0.862. The summed E-state index contributed by atoms with van der Waals surface area (Å²) in [5, 5.41) is 11.1. The fourth-order valence-electron chi connectivity index (χ4n) is 5.62. The highest BCUT2D eigenvalue weighted by atomic mass is 32.1. The quantitative estimate of drug-likeness (QED) is 0.133. The number of anilines is 1. The number of nitrogens with one attached hydrogen (secondary N) is 1. The Kier molecular flexibility index (Phi) is 6.86. The molecule has 3 nitrogen and oxygen atoms in total. The SMILES string of the molecule is CCCCCCCCNc1ccc(-c2cc3cc4ccc5cc6cc(-c7ccc(C)o7)sc6cc5c4cc3s2)o1. The van der Waals surface area contributed by atoms with E-state index in [1.807, 2.05) is 13.0 Å². The number of thiophene rings is 2. The maximum absolute atomic E-state index is 6.19. The number of benzene rings is 3. The Balaban J connectivity index is 1.16. The van der Waals surface area contributed by atoms with Gasteiger partial charge in [-0.2, -0.15) is 0 Å². The predicted molar refractivity (Wildman–Crippen MR) is 174 cm³/mol. The highest BCUT2D eigenvalue weighted by molar-refractivity contribution is 7.22. The second kappa shape index (κ2) is 10.8. The molecule has 0 spiro atoms. The minimum atomic E-state index is 0.862. The number of aryl methyl sites for hydroxylation is 1. The molecule has 0 bridgehead atoms. The van der Waals surface area contributed by atoms with Crippen molar-refractivity contribution in [2.75, 3.05) is 11.9 Å². The van der Waals surface area contributed by atoms with E-state index in [0.717, 1.165) is 29.7 Å². The summed E-state index contributed by atoms with van der Waals surface area (Å²) in [6.45, 7) is 5.22. The van der Waals surface area contributed by atoms with Crippen LogP contribution >= 0.6 is 22.7 Å². The molecule has 4 heterocycles. The summed E-state index contributed by atoms with van der Waals surface area (Å²) in [7, 11) is 0. The van der Waals surface area contributed by atoms with Crippen LogP contribution in [0.1, 0.15) is 51.2 Å². The van der Waals surface area contributed by atoms with Crippen LogP contribution < -0.4 is 5.32 Å². The van der Waals surface area contributed by atoms with Gasteiger partial charge in [-0.3, -0.25) is 0 Å². The molecule has 1 N–H and O–H groups in total. The van der Waals surface area contributed by atoms with E-state index in [4.69, 9.17) is 8.83 Å². The van der Waals surface area contributed by atoms with E-state index < -0.39 is 0 Å². The van der Waals surface area contributed by atoms with Crippen LogP contribution in [0.3, 0.4) is 0 Å². The topological polar surface area (TPSA) is 38.3 Å². The Labute approximate surface area is 242 Å². The molecule has 0 amide bonds. The molecule has 0 aliphatic carbocycles. The maximum Gasteiger partial charge on any atom is 0.193 e. The average Bonchev–Trinajstić information content (AvgIpc) is 3.75. The lowest BCUT2D eigenvalue weighted by atomic mass is 10.00. The summed E-state index contributed by atoms with van der Waals surface area (Å²) in [5.74, 6) is 3.68. The van der Waals surface area contributed by atoms with Crippen molar-refractivity contribution in [2.24, 2.45) is 0 Å². The van der Waals surface area contributed by atoms with Crippen LogP contribution in [-0.4, -0.2) is 6.54 Å². The molecule has 0 atom stereocenters. The summed E-state index contributed by atoms with van der Waals surface area (Å²) in [6, 6.07) is 26.6. The summed E-state index contributed by atoms with van der Waals surface area (Å²) >= 11 is 3.60. The standard InChI is InChI=1S/C35H33NO2S2/c1-3-4-5-6-7-8-15-36-35-14-13-30(38-35)34-19-26-17-24-11-10-23-16-25-18-33(29-12-9-22(2)37-29)39-31(25)20-27(23)28(24)21-32(26)40-34/h9-14,16-21,36H,3-8,15H2,1-2H3. The van der Waals surface area contributed by atoms with Crippen LogP contribution in [0.5, 0.6) is 0 Å². The van der Waals surface area contributed by atoms with Crippen LogP contribution in [-0.2, 0) is 0 Å². The van der Waals surface area contributed by atoms with E-state index in [0.29, 0.717) is 0 Å². The molecule has 0 fully saturated rings. The average molecular weight is 564 g/mol. The molecule has 202 valence electrons. The van der Waals surface area contributed by atoms with Gasteiger partial charge in [-0.15, -0.1) is 22.7 Å². The van der Waals surface area contributed by atoms with Gasteiger partial charge in [0.25, 0.3) is 0 Å². The van der Waals surface area contributed by atoms with E-state index in [9.17, 15) is 0 Å². The highest BCUT2D eigenvalue weighted by Gasteiger charge is 2.13. The molecule has 40 heavy (non-hydrogen) atoms. The van der Waals surface area contributed by atoms with Crippen LogP contribution in [0.25, 0.3) is 63.0 Å². The Bertz CT molecular complexity index is 1950. The van der Waals surface area contributed by atoms with Crippen LogP contribution in [0.4, 0.5) is 5.88 Å². The van der Waals surface area contributed by atoms with E-state index in [1.54, 1.807) is 22.7 Å². The summed E-state index contributed by atoms with van der Waals surface area (Å²) < 4.78 is 14.7. The monoisotopic (exact) mass is 563 g/mol. The normalized spacial score (nSPS) is 11.9. The first-order valence-electron chi connectivity index (χ1n) is 14.4. The zero-order valence-corrected chi connectivity index (χ0v) is 24.6. The lowest BCUT2D eigenvalue weighted by Gasteiger charge is -2.05. The first-order valence-corrected chi connectivity index (χ1v) is 16.0. The fourth-order valence-corrected chi connectivity index (χ4v) is 7.71. The number of furan rings is 2. The molecule has 0 unspecified atom stereocenters. The summed E-state index contributed by atoms with van der Waals surface area (Å²) in [6.07, 6.45) is 7.79. The van der Waals surface area contributed by atoms with Crippen molar-refractivity contribution >= 4 is 70.3 Å². The van der Waals surface area contributed by atoms with Gasteiger partial charge in [0, 0.05) is 22.0 Å². The van der Waals surface area contributed by atoms with Gasteiger partial charge in [0.15, 0.2) is 5.88 Å². The van der Waals surface area contributed by atoms with Gasteiger partial charge in [-0.1, -0.05) is 51.2 Å². The van der Waals surface area contributed by atoms with Crippen molar-refractivity contribution in [2.45, 2.75) is 52.4 Å². The van der Waals surface area contributed by atoms with Crippen LogP contribution in [0.15, 0.2) is 81.6 Å². The first-order chi connectivity index (χ1) is 19.6. The smallest absolute Gasteiger partial charge is 0.193 e. The largest absolute Gasteiger partial charge is 0.461 e. The molecule has 0 radical (unpaired) electrons. The molecular formula is C35H33NO2S2. The number of hydrogen-bond donors (Lipinski definition) is 1. The third kappa shape index (κ3) is 4.93. The summed E-state index contributed by atoms with van der Waals surface area (Å²) in [4.78, 5) is 2.34. The van der Waals surface area contributed by atoms with Crippen molar-refractivity contribution in [3.05, 3.63) is 78.6 Å². The van der Waals surface area contributed by atoms with Crippen molar-refractivity contribution < 1.29 is 8.83 Å². The summed E-state index contributed by atoms with van der Waals surface area (Å²) in [5.41, 5.74) is 0. The van der Waals surface area contributed by atoms with Crippen LogP contribution in [0, 0.1) is 6.92 Å². The Hall–Kier alpha value is -3.54. The molecular weight excluding hydrogens is 531 g/mol. The van der Waals surface area contributed by atoms with Crippen molar-refractivity contribution in [1.29, 1.82) is 0 Å². The zero-order chi connectivity index (χ0) is 27.1. The third-order valence-electron chi connectivity index (χ3n) is 7.77.